The fourth-order valence-electron chi connectivity index (χ4n) is 2.26. The van der Waals surface area contributed by atoms with E-state index in [9.17, 15) is 9.59 Å². The van der Waals surface area contributed by atoms with Crippen LogP contribution < -0.4 is 4.90 Å². The highest BCUT2D eigenvalue weighted by Crippen LogP contribution is 2.24. The quantitative estimate of drug-likeness (QED) is 0.791. The number of hydrogen-bond donors (Lipinski definition) is 1. The molecule has 1 N–H and O–H groups in total. The largest absolute Gasteiger partial charge is 0.481 e. The van der Waals surface area contributed by atoms with Gasteiger partial charge in [0.05, 0.1) is 17.8 Å². The molecule has 0 aromatic carbocycles. The van der Waals surface area contributed by atoms with E-state index in [1.807, 2.05) is 10.9 Å². The fourth-order valence-corrected chi connectivity index (χ4v) is 2.26. The number of carboxylic acid groups (broad SMARTS) is 1. The standard InChI is InChI=1S/C13H19N3O3/c1-2-3-4-5-15-9-11(7-14-15)16-8-10(13(18)19)6-12(16)17/h7,9-10H,2-6,8H2,1H3,(H,18,19)/t10-/m0/s1. The van der Waals surface area contributed by atoms with Gasteiger partial charge < -0.3 is 10.0 Å². The number of aryl methyl sites for hydroxylation is 1. The summed E-state index contributed by atoms with van der Waals surface area (Å²) in [6, 6.07) is 0. The average Bonchev–Trinajstić information content (AvgIpc) is 2.96. The van der Waals surface area contributed by atoms with Gasteiger partial charge in [-0.25, -0.2) is 0 Å². The number of hydrogen-bond acceptors (Lipinski definition) is 3. The second kappa shape index (κ2) is 5.86. The maximum absolute atomic E-state index is 11.8. The van der Waals surface area contributed by atoms with E-state index < -0.39 is 11.9 Å². The van der Waals surface area contributed by atoms with E-state index >= 15 is 0 Å². The summed E-state index contributed by atoms with van der Waals surface area (Å²) in [7, 11) is 0. The van der Waals surface area contributed by atoms with Gasteiger partial charge in [-0.2, -0.15) is 5.10 Å². The van der Waals surface area contributed by atoms with E-state index in [0.717, 1.165) is 25.8 Å². The molecule has 1 aliphatic rings. The van der Waals surface area contributed by atoms with Gasteiger partial charge in [-0.05, 0) is 6.42 Å². The second-order valence-electron chi connectivity index (χ2n) is 4.91. The molecule has 0 radical (unpaired) electrons. The molecule has 19 heavy (non-hydrogen) atoms. The molecule has 6 nitrogen and oxygen atoms in total. The van der Waals surface area contributed by atoms with E-state index in [1.54, 1.807) is 6.20 Å². The SMILES string of the molecule is CCCCCn1cc(N2C[C@@H](C(=O)O)CC2=O)cn1. The summed E-state index contributed by atoms with van der Waals surface area (Å²) in [5.74, 6) is -1.65. The first-order valence-corrected chi connectivity index (χ1v) is 6.67. The molecule has 0 bridgehead atoms. The van der Waals surface area contributed by atoms with Crippen LogP contribution in [-0.2, 0) is 16.1 Å². The van der Waals surface area contributed by atoms with Crippen molar-refractivity contribution in [1.29, 1.82) is 0 Å². The monoisotopic (exact) mass is 265 g/mol. The molecule has 2 rings (SSSR count). The molecular weight excluding hydrogens is 246 g/mol. The Balaban J connectivity index is 1.98. The van der Waals surface area contributed by atoms with Gasteiger partial charge in [0, 0.05) is 25.7 Å². The van der Waals surface area contributed by atoms with Gasteiger partial charge in [0.1, 0.15) is 0 Å². The summed E-state index contributed by atoms with van der Waals surface area (Å²) in [5.41, 5.74) is 0.699. The number of unbranched alkanes of at least 4 members (excludes halogenated alkanes) is 2. The molecule has 6 heteroatoms. The van der Waals surface area contributed by atoms with E-state index in [2.05, 4.69) is 12.0 Å². The Morgan fingerprint density at radius 3 is 2.95 bits per heavy atom. The first-order chi connectivity index (χ1) is 9.11. The number of aromatic nitrogens is 2. The molecule has 0 aliphatic carbocycles. The van der Waals surface area contributed by atoms with Gasteiger partial charge in [0.15, 0.2) is 0 Å². The van der Waals surface area contributed by atoms with Crippen LogP contribution in [0, 0.1) is 5.92 Å². The Kier molecular flexibility index (Phi) is 4.19. The van der Waals surface area contributed by atoms with E-state index in [-0.39, 0.29) is 18.9 Å². The van der Waals surface area contributed by atoms with Crippen LogP contribution >= 0.6 is 0 Å². The zero-order valence-electron chi connectivity index (χ0n) is 11.1. The molecule has 0 spiro atoms. The number of carboxylic acids is 1. The molecule has 0 unspecified atom stereocenters. The van der Waals surface area contributed by atoms with Crippen LogP contribution in [0.5, 0.6) is 0 Å². The first-order valence-electron chi connectivity index (χ1n) is 6.67. The first kappa shape index (κ1) is 13.6. The van der Waals surface area contributed by atoms with Crippen molar-refractivity contribution in [1.82, 2.24) is 9.78 Å². The predicted molar refractivity (Wildman–Crippen MR) is 69.8 cm³/mol. The molecule has 0 saturated carbocycles. The highest BCUT2D eigenvalue weighted by atomic mass is 16.4. The minimum Gasteiger partial charge on any atom is -0.481 e. The van der Waals surface area contributed by atoms with Gasteiger partial charge >= 0.3 is 5.97 Å². The van der Waals surface area contributed by atoms with Crippen LogP contribution in [0.1, 0.15) is 32.6 Å². The second-order valence-corrected chi connectivity index (χ2v) is 4.91. The normalized spacial score (nSPS) is 19.1. The molecule has 1 amide bonds. The molecular formula is C13H19N3O3. The third kappa shape index (κ3) is 3.13. The van der Waals surface area contributed by atoms with Crippen LogP contribution in [0.2, 0.25) is 0 Å². The maximum Gasteiger partial charge on any atom is 0.308 e. The van der Waals surface area contributed by atoms with Crippen LogP contribution in [0.4, 0.5) is 5.69 Å². The van der Waals surface area contributed by atoms with Crippen molar-refractivity contribution in [2.24, 2.45) is 5.92 Å². The Bertz CT molecular complexity index is 469. The van der Waals surface area contributed by atoms with Crippen LogP contribution in [-0.4, -0.2) is 33.3 Å². The average molecular weight is 265 g/mol. The third-order valence-corrected chi connectivity index (χ3v) is 3.40. The fraction of sp³-hybridized carbons (Fsp3) is 0.615. The van der Waals surface area contributed by atoms with E-state index in [4.69, 9.17) is 5.11 Å². The number of nitrogens with zero attached hydrogens (tertiary/aromatic N) is 3. The van der Waals surface area contributed by atoms with Crippen LogP contribution in [0.15, 0.2) is 12.4 Å². The molecule has 1 fully saturated rings. The Morgan fingerprint density at radius 1 is 1.53 bits per heavy atom. The molecule has 2 heterocycles. The lowest BCUT2D eigenvalue weighted by Crippen LogP contribution is -2.25. The van der Waals surface area contributed by atoms with Crippen molar-refractivity contribution in [3.8, 4) is 0 Å². The molecule has 1 aromatic rings. The van der Waals surface area contributed by atoms with Crippen molar-refractivity contribution in [3.63, 3.8) is 0 Å². The molecule has 104 valence electrons. The van der Waals surface area contributed by atoms with Crippen LogP contribution in [0.25, 0.3) is 0 Å². The van der Waals surface area contributed by atoms with Crippen molar-refractivity contribution >= 4 is 17.6 Å². The zero-order chi connectivity index (χ0) is 13.8. The topological polar surface area (TPSA) is 75.4 Å². The van der Waals surface area contributed by atoms with E-state index in [0.29, 0.717) is 5.69 Å². The third-order valence-electron chi connectivity index (χ3n) is 3.40. The number of rotatable bonds is 6. The highest BCUT2D eigenvalue weighted by molar-refractivity contribution is 5.98. The number of amides is 1. The van der Waals surface area contributed by atoms with Crippen molar-refractivity contribution in [2.75, 3.05) is 11.4 Å². The Morgan fingerprint density at radius 2 is 2.32 bits per heavy atom. The number of carbonyl (C=O) groups is 2. The summed E-state index contributed by atoms with van der Waals surface area (Å²) < 4.78 is 1.81. The summed E-state index contributed by atoms with van der Waals surface area (Å²) in [5, 5.41) is 13.2. The van der Waals surface area contributed by atoms with E-state index in [1.165, 1.54) is 4.90 Å². The number of carbonyl (C=O) groups excluding carboxylic acids is 1. The number of aliphatic carboxylic acids is 1. The van der Waals surface area contributed by atoms with Crippen molar-refractivity contribution < 1.29 is 14.7 Å². The van der Waals surface area contributed by atoms with Gasteiger partial charge in [-0.15, -0.1) is 0 Å². The van der Waals surface area contributed by atoms with Gasteiger partial charge in [0.25, 0.3) is 0 Å². The zero-order valence-corrected chi connectivity index (χ0v) is 11.1. The smallest absolute Gasteiger partial charge is 0.308 e. The predicted octanol–water partition coefficient (Wildman–Crippen LogP) is 1.51. The summed E-state index contributed by atoms with van der Waals surface area (Å²) in [4.78, 5) is 24.2. The lowest BCUT2D eigenvalue weighted by molar-refractivity contribution is -0.141. The molecule has 1 atom stereocenters. The number of anilines is 1. The summed E-state index contributed by atoms with van der Waals surface area (Å²) in [6.07, 6.45) is 6.89. The van der Waals surface area contributed by atoms with Gasteiger partial charge in [-0.3, -0.25) is 14.3 Å². The summed E-state index contributed by atoms with van der Waals surface area (Å²) >= 11 is 0. The molecule has 1 aromatic heterocycles. The Hall–Kier alpha value is -1.85. The molecule has 1 aliphatic heterocycles. The van der Waals surface area contributed by atoms with Gasteiger partial charge in [-0.1, -0.05) is 19.8 Å². The lowest BCUT2D eigenvalue weighted by Gasteiger charge is -2.12. The van der Waals surface area contributed by atoms with Gasteiger partial charge in [0.2, 0.25) is 5.91 Å². The van der Waals surface area contributed by atoms with Crippen LogP contribution in [0.3, 0.4) is 0 Å². The van der Waals surface area contributed by atoms with Crippen molar-refractivity contribution in [2.45, 2.75) is 39.2 Å². The summed E-state index contributed by atoms with van der Waals surface area (Å²) in [6.45, 7) is 3.22. The lowest BCUT2D eigenvalue weighted by atomic mass is 10.1. The molecule has 1 saturated heterocycles. The van der Waals surface area contributed by atoms with Crippen molar-refractivity contribution in [3.05, 3.63) is 12.4 Å². The maximum atomic E-state index is 11.8. The Labute approximate surface area is 112 Å². The minimum atomic E-state index is -0.911. The highest BCUT2D eigenvalue weighted by Gasteiger charge is 2.35. The minimum absolute atomic E-state index is 0.0797.